The number of anilines is 1. The van der Waals surface area contributed by atoms with Gasteiger partial charge in [0.05, 0.1) is 18.7 Å². The van der Waals surface area contributed by atoms with Crippen molar-refractivity contribution in [3.05, 3.63) is 65.4 Å². The molecule has 184 valence electrons. The fraction of sp³-hybridized carbons (Fsp3) is 0.429. The number of nitrogens with zero attached hydrogens (tertiary/aromatic N) is 1. The lowest BCUT2D eigenvalue weighted by Gasteiger charge is -2.23. The molecule has 2 aliphatic rings. The van der Waals surface area contributed by atoms with E-state index < -0.39 is 0 Å². The van der Waals surface area contributed by atoms with Gasteiger partial charge >= 0.3 is 0 Å². The molecule has 3 aromatic rings. The number of aryl methyl sites for hydroxylation is 1. The second-order valence-corrected chi connectivity index (χ2v) is 9.44. The van der Waals surface area contributed by atoms with Gasteiger partial charge in [-0.2, -0.15) is 0 Å². The summed E-state index contributed by atoms with van der Waals surface area (Å²) in [6, 6.07) is 13.9. The van der Waals surface area contributed by atoms with Gasteiger partial charge < -0.3 is 24.8 Å². The zero-order valence-corrected chi connectivity index (χ0v) is 20.2. The predicted octanol–water partition coefficient (Wildman–Crippen LogP) is 4.48. The zero-order chi connectivity index (χ0) is 24.0. The van der Waals surface area contributed by atoms with E-state index in [-0.39, 0.29) is 5.91 Å². The third-order valence-corrected chi connectivity index (χ3v) is 6.85. The van der Waals surface area contributed by atoms with Gasteiger partial charge in [0.2, 0.25) is 0 Å². The molecule has 0 aliphatic carbocycles. The number of carbonyl (C=O) groups excluding carboxylic acids is 1. The third-order valence-electron chi connectivity index (χ3n) is 6.85. The lowest BCUT2D eigenvalue weighted by molar-refractivity contribution is 0.0776. The largest absolute Gasteiger partial charge is 0.493 e. The molecule has 0 saturated carbocycles. The van der Waals surface area contributed by atoms with Crippen LogP contribution >= 0.6 is 0 Å². The van der Waals surface area contributed by atoms with E-state index in [4.69, 9.17) is 19.2 Å². The van der Waals surface area contributed by atoms with Crippen LogP contribution in [-0.4, -0.2) is 50.0 Å². The van der Waals surface area contributed by atoms with Gasteiger partial charge in [-0.15, -0.1) is 0 Å². The first-order valence-corrected chi connectivity index (χ1v) is 12.5. The molecule has 2 fully saturated rings. The maximum Gasteiger partial charge on any atom is 0.255 e. The maximum absolute atomic E-state index is 12.9. The van der Waals surface area contributed by atoms with E-state index >= 15 is 0 Å². The number of fused-ring (bicyclic) bond motifs is 1. The first-order valence-electron chi connectivity index (χ1n) is 12.5. The Kier molecular flexibility index (Phi) is 7.57. The summed E-state index contributed by atoms with van der Waals surface area (Å²) in [5.41, 5.74) is 4.37. The van der Waals surface area contributed by atoms with Crippen molar-refractivity contribution in [3.8, 4) is 5.75 Å². The molecule has 7 nitrogen and oxygen atoms in total. The predicted molar refractivity (Wildman–Crippen MR) is 136 cm³/mol. The van der Waals surface area contributed by atoms with Crippen molar-refractivity contribution in [3.63, 3.8) is 0 Å². The van der Waals surface area contributed by atoms with Crippen molar-refractivity contribution in [2.24, 2.45) is 5.92 Å². The molecule has 1 unspecified atom stereocenters. The van der Waals surface area contributed by atoms with E-state index in [1.807, 2.05) is 37.4 Å². The molecule has 0 bridgehead atoms. The topological polar surface area (TPSA) is 81.7 Å². The Morgan fingerprint density at radius 1 is 1.06 bits per heavy atom. The molecular formula is C28H33N3O4. The van der Waals surface area contributed by atoms with Gasteiger partial charge in [0.25, 0.3) is 5.91 Å². The van der Waals surface area contributed by atoms with Gasteiger partial charge in [-0.25, -0.2) is 0 Å². The summed E-state index contributed by atoms with van der Waals surface area (Å²) in [4.78, 5) is 17.6. The van der Waals surface area contributed by atoms with E-state index in [1.54, 1.807) is 12.1 Å². The van der Waals surface area contributed by atoms with E-state index in [2.05, 4.69) is 16.7 Å². The molecule has 0 radical (unpaired) electrons. The van der Waals surface area contributed by atoms with Crippen LogP contribution in [0.1, 0.15) is 40.7 Å². The summed E-state index contributed by atoms with van der Waals surface area (Å²) in [6.45, 7) is 6.65. The van der Waals surface area contributed by atoms with Gasteiger partial charge in [0.15, 0.2) is 0 Å². The number of pyridine rings is 1. The standard InChI is InChI=1S/C28H33N3O4/c1-19-26(31-28(32)22-2-5-25(6-3-22)35-18-20-8-11-34-17-20)7-4-23-14-21(16-30-27(19)23)15-29-24-9-12-33-13-10-24/h2-7,14,16,20,24,29H,8-13,15,17-18H2,1H3,(H,31,32). The highest BCUT2D eigenvalue weighted by Gasteiger charge is 2.17. The number of ether oxygens (including phenoxy) is 3. The average molecular weight is 476 g/mol. The smallest absolute Gasteiger partial charge is 0.255 e. The van der Waals surface area contributed by atoms with Crippen LogP contribution < -0.4 is 15.4 Å². The number of hydrogen-bond donors (Lipinski definition) is 2. The average Bonchev–Trinajstić information content (AvgIpc) is 3.42. The fourth-order valence-corrected chi connectivity index (χ4v) is 4.62. The van der Waals surface area contributed by atoms with E-state index in [0.717, 1.165) is 85.7 Å². The Morgan fingerprint density at radius 2 is 1.86 bits per heavy atom. The molecule has 2 aliphatic heterocycles. The molecule has 1 aromatic heterocycles. The van der Waals surface area contributed by atoms with Crippen molar-refractivity contribution in [2.45, 2.75) is 38.8 Å². The van der Waals surface area contributed by atoms with Crippen molar-refractivity contribution >= 4 is 22.5 Å². The Hall–Kier alpha value is -3.00. The monoisotopic (exact) mass is 475 g/mol. The second kappa shape index (κ2) is 11.2. The van der Waals surface area contributed by atoms with E-state index in [9.17, 15) is 4.79 Å². The van der Waals surface area contributed by atoms with Gasteiger partial charge in [0.1, 0.15) is 5.75 Å². The van der Waals surface area contributed by atoms with Crippen LogP contribution in [-0.2, 0) is 16.0 Å². The zero-order valence-electron chi connectivity index (χ0n) is 20.2. The summed E-state index contributed by atoms with van der Waals surface area (Å²) < 4.78 is 16.7. The molecule has 2 saturated heterocycles. The number of carbonyl (C=O) groups is 1. The lowest BCUT2D eigenvalue weighted by Crippen LogP contribution is -2.34. The molecular weight excluding hydrogens is 442 g/mol. The molecule has 0 spiro atoms. The van der Waals surface area contributed by atoms with Crippen molar-refractivity contribution in [1.29, 1.82) is 0 Å². The highest BCUT2D eigenvalue weighted by molar-refractivity contribution is 6.06. The van der Waals surface area contributed by atoms with Crippen LogP contribution in [0, 0.1) is 12.8 Å². The number of rotatable bonds is 8. The van der Waals surface area contributed by atoms with Crippen molar-refractivity contribution in [2.75, 3.05) is 38.4 Å². The number of amides is 1. The summed E-state index contributed by atoms with van der Waals surface area (Å²) in [5.74, 6) is 1.06. The van der Waals surface area contributed by atoms with Crippen LogP contribution in [0.4, 0.5) is 5.69 Å². The van der Waals surface area contributed by atoms with Crippen LogP contribution in [0.15, 0.2) is 48.7 Å². The van der Waals surface area contributed by atoms with Crippen LogP contribution in [0.25, 0.3) is 10.9 Å². The van der Waals surface area contributed by atoms with Gasteiger partial charge in [-0.1, -0.05) is 6.07 Å². The number of aromatic nitrogens is 1. The highest BCUT2D eigenvalue weighted by atomic mass is 16.5. The fourth-order valence-electron chi connectivity index (χ4n) is 4.62. The van der Waals surface area contributed by atoms with E-state index in [0.29, 0.717) is 24.1 Å². The van der Waals surface area contributed by atoms with Crippen LogP contribution in [0.2, 0.25) is 0 Å². The minimum Gasteiger partial charge on any atom is -0.493 e. The summed E-state index contributed by atoms with van der Waals surface area (Å²) in [6.07, 6.45) is 5.06. The van der Waals surface area contributed by atoms with E-state index in [1.165, 1.54) is 0 Å². The van der Waals surface area contributed by atoms with Gasteiger partial charge in [-0.05, 0) is 73.7 Å². The molecule has 2 N–H and O–H groups in total. The highest BCUT2D eigenvalue weighted by Crippen LogP contribution is 2.26. The second-order valence-electron chi connectivity index (χ2n) is 9.44. The number of benzene rings is 2. The van der Waals surface area contributed by atoms with Crippen LogP contribution in [0.3, 0.4) is 0 Å². The number of hydrogen-bond acceptors (Lipinski definition) is 6. The Balaban J connectivity index is 1.20. The Bertz CT molecular complexity index is 1150. The summed E-state index contributed by atoms with van der Waals surface area (Å²) >= 11 is 0. The molecule has 35 heavy (non-hydrogen) atoms. The molecule has 2 aromatic carbocycles. The molecule has 7 heteroatoms. The lowest BCUT2D eigenvalue weighted by atomic mass is 10.1. The van der Waals surface area contributed by atoms with Gasteiger partial charge in [-0.3, -0.25) is 9.78 Å². The first-order chi connectivity index (χ1) is 17.2. The SMILES string of the molecule is Cc1c(NC(=O)c2ccc(OCC3CCOC3)cc2)ccc2cc(CNC3CCOCC3)cnc12. The summed E-state index contributed by atoms with van der Waals surface area (Å²) in [7, 11) is 0. The number of nitrogens with one attached hydrogen (secondary N) is 2. The minimum atomic E-state index is -0.152. The molecule has 1 amide bonds. The van der Waals surface area contributed by atoms with Crippen molar-refractivity contribution in [1.82, 2.24) is 10.3 Å². The molecule has 3 heterocycles. The molecule has 1 atom stereocenters. The normalized spacial score (nSPS) is 18.6. The van der Waals surface area contributed by atoms with Crippen molar-refractivity contribution < 1.29 is 19.0 Å². The Labute approximate surface area is 206 Å². The molecule has 5 rings (SSSR count). The Morgan fingerprint density at radius 3 is 2.63 bits per heavy atom. The third kappa shape index (κ3) is 5.99. The maximum atomic E-state index is 12.9. The summed E-state index contributed by atoms with van der Waals surface area (Å²) in [5, 5.41) is 7.71. The van der Waals surface area contributed by atoms with Gasteiger partial charge in [0, 0.05) is 61.2 Å². The minimum absolute atomic E-state index is 0.152. The quantitative estimate of drug-likeness (QED) is 0.500. The first kappa shape index (κ1) is 23.7. The van der Waals surface area contributed by atoms with Crippen LogP contribution in [0.5, 0.6) is 5.75 Å².